The maximum Gasteiger partial charge on any atom is 0.140 e. The molecule has 2 nitrogen and oxygen atoms in total. The maximum absolute atomic E-state index is 4.46. The van der Waals surface area contributed by atoms with Crippen molar-refractivity contribution in [2.24, 2.45) is 5.92 Å². The minimum absolute atomic E-state index is 0.589. The first kappa shape index (κ1) is 12.9. The number of pyridine rings is 1. The Morgan fingerprint density at radius 1 is 1.29 bits per heavy atom. The Morgan fingerprint density at radius 3 is 2.88 bits per heavy atom. The van der Waals surface area contributed by atoms with Crippen molar-refractivity contribution in [3.63, 3.8) is 0 Å². The Labute approximate surface area is 112 Å². The van der Waals surface area contributed by atoms with Crippen molar-refractivity contribution in [3.8, 4) is 0 Å². The molecule has 2 atom stereocenters. The minimum Gasteiger partial charge on any atom is -0.366 e. The van der Waals surface area contributed by atoms with Gasteiger partial charge in [-0.15, -0.1) is 0 Å². The van der Waals surface area contributed by atoms with E-state index in [-0.39, 0.29) is 0 Å². The number of aryl methyl sites for hydroxylation is 1. The summed E-state index contributed by atoms with van der Waals surface area (Å²) in [6.45, 7) is 4.43. The molecule has 3 heteroatoms. The second kappa shape index (κ2) is 5.85. The van der Waals surface area contributed by atoms with Gasteiger partial charge in [-0.3, -0.25) is 0 Å². The Hall–Kier alpha value is -0.570. The van der Waals surface area contributed by atoms with E-state index in [0.29, 0.717) is 6.04 Å². The molecule has 17 heavy (non-hydrogen) atoms. The van der Waals surface area contributed by atoms with Crippen molar-refractivity contribution in [3.05, 3.63) is 22.3 Å². The van der Waals surface area contributed by atoms with E-state index in [1.807, 2.05) is 6.20 Å². The summed E-state index contributed by atoms with van der Waals surface area (Å²) in [6.07, 6.45) is 8.51. The molecule has 0 spiro atoms. The van der Waals surface area contributed by atoms with E-state index in [2.05, 4.69) is 46.1 Å². The monoisotopic (exact) mass is 296 g/mol. The van der Waals surface area contributed by atoms with Crippen molar-refractivity contribution in [2.45, 2.75) is 52.0 Å². The molecular formula is C14H21BrN2. The third-order valence-electron chi connectivity index (χ3n) is 3.58. The van der Waals surface area contributed by atoms with Gasteiger partial charge in [0.05, 0.1) is 4.47 Å². The molecule has 0 amide bonds. The van der Waals surface area contributed by atoms with Crippen molar-refractivity contribution >= 4 is 21.7 Å². The predicted molar refractivity (Wildman–Crippen MR) is 76.3 cm³/mol. The number of nitrogens with zero attached hydrogens (tertiary/aromatic N) is 1. The van der Waals surface area contributed by atoms with Gasteiger partial charge < -0.3 is 5.32 Å². The van der Waals surface area contributed by atoms with Crippen LogP contribution in [0.15, 0.2) is 16.7 Å². The summed E-state index contributed by atoms with van der Waals surface area (Å²) >= 11 is 3.58. The highest BCUT2D eigenvalue weighted by atomic mass is 79.9. The molecule has 94 valence electrons. The van der Waals surface area contributed by atoms with Gasteiger partial charge in [-0.2, -0.15) is 0 Å². The highest BCUT2D eigenvalue weighted by molar-refractivity contribution is 9.10. The normalized spacial score (nSPS) is 25.4. The molecule has 1 heterocycles. The molecule has 0 aliphatic heterocycles. The molecule has 0 bridgehead atoms. The molecule has 1 aromatic rings. The smallest absolute Gasteiger partial charge is 0.140 e. The summed E-state index contributed by atoms with van der Waals surface area (Å²) in [4.78, 5) is 4.46. The van der Waals surface area contributed by atoms with Gasteiger partial charge in [0.1, 0.15) is 5.82 Å². The summed E-state index contributed by atoms with van der Waals surface area (Å²) in [5.74, 6) is 1.88. The lowest BCUT2D eigenvalue weighted by Crippen LogP contribution is -2.19. The lowest BCUT2D eigenvalue weighted by molar-refractivity contribution is 0.502. The molecule has 1 aromatic heterocycles. The zero-order valence-electron chi connectivity index (χ0n) is 10.7. The van der Waals surface area contributed by atoms with Crippen LogP contribution in [-0.4, -0.2) is 11.0 Å². The average molecular weight is 297 g/mol. The number of hydrogen-bond acceptors (Lipinski definition) is 2. The maximum atomic E-state index is 4.46. The van der Waals surface area contributed by atoms with Crippen LogP contribution in [0.5, 0.6) is 0 Å². The topological polar surface area (TPSA) is 24.9 Å². The third kappa shape index (κ3) is 3.70. The summed E-state index contributed by atoms with van der Waals surface area (Å²) in [5, 5.41) is 3.58. The molecule has 1 fully saturated rings. The number of aromatic nitrogens is 1. The molecule has 1 aliphatic carbocycles. The highest BCUT2D eigenvalue weighted by Gasteiger charge is 2.17. The summed E-state index contributed by atoms with van der Waals surface area (Å²) in [7, 11) is 0. The Bertz CT molecular complexity index is 378. The van der Waals surface area contributed by atoms with Crippen LogP contribution in [-0.2, 0) is 0 Å². The first-order valence-electron chi connectivity index (χ1n) is 6.54. The van der Waals surface area contributed by atoms with Crippen molar-refractivity contribution in [2.75, 3.05) is 5.32 Å². The van der Waals surface area contributed by atoms with Crippen LogP contribution in [0.1, 0.15) is 44.6 Å². The van der Waals surface area contributed by atoms with Crippen LogP contribution in [0.3, 0.4) is 0 Å². The number of anilines is 1. The molecule has 1 aliphatic rings. The van der Waals surface area contributed by atoms with Crippen LogP contribution in [0.4, 0.5) is 5.82 Å². The van der Waals surface area contributed by atoms with E-state index in [1.54, 1.807) is 0 Å². The lowest BCUT2D eigenvalue weighted by Gasteiger charge is -2.18. The number of rotatable bonds is 2. The summed E-state index contributed by atoms with van der Waals surface area (Å²) < 4.78 is 1.08. The van der Waals surface area contributed by atoms with Crippen molar-refractivity contribution in [1.29, 1.82) is 0 Å². The van der Waals surface area contributed by atoms with Gasteiger partial charge in [0.25, 0.3) is 0 Å². The standard InChI is InChI=1S/C14H21BrN2/c1-10-4-3-5-12(7-6-10)17-14-13(15)8-11(2)9-16-14/h8-10,12H,3-7H2,1-2H3,(H,16,17). The Kier molecular flexibility index (Phi) is 4.43. The molecular weight excluding hydrogens is 276 g/mol. The number of nitrogens with one attached hydrogen (secondary N) is 1. The Morgan fingerprint density at radius 2 is 2.12 bits per heavy atom. The van der Waals surface area contributed by atoms with E-state index in [4.69, 9.17) is 0 Å². The van der Waals surface area contributed by atoms with Crippen LogP contribution < -0.4 is 5.32 Å². The van der Waals surface area contributed by atoms with Crippen molar-refractivity contribution in [1.82, 2.24) is 4.98 Å². The minimum atomic E-state index is 0.589. The fourth-order valence-corrected chi connectivity index (χ4v) is 3.04. The zero-order chi connectivity index (χ0) is 12.3. The summed E-state index contributed by atoms with van der Waals surface area (Å²) in [5.41, 5.74) is 1.19. The van der Waals surface area contributed by atoms with Gasteiger partial charge in [-0.25, -0.2) is 4.98 Å². The quantitative estimate of drug-likeness (QED) is 0.811. The van der Waals surface area contributed by atoms with Gasteiger partial charge in [-0.05, 0) is 59.7 Å². The van der Waals surface area contributed by atoms with Crippen LogP contribution in [0.25, 0.3) is 0 Å². The lowest BCUT2D eigenvalue weighted by atomic mass is 10.0. The molecule has 2 rings (SSSR count). The molecule has 0 aromatic carbocycles. The fourth-order valence-electron chi connectivity index (χ4n) is 2.46. The van der Waals surface area contributed by atoms with Gasteiger partial charge in [0, 0.05) is 12.2 Å². The second-order valence-corrected chi connectivity index (χ2v) is 6.15. The third-order valence-corrected chi connectivity index (χ3v) is 4.18. The molecule has 2 unspecified atom stereocenters. The summed E-state index contributed by atoms with van der Waals surface area (Å²) in [6, 6.07) is 2.71. The molecule has 0 radical (unpaired) electrons. The first-order chi connectivity index (χ1) is 8.15. The fraction of sp³-hybridized carbons (Fsp3) is 0.643. The van der Waals surface area contributed by atoms with Gasteiger partial charge in [0.2, 0.25) is 0 Å². The van der Waals surface area contributed by atoms with E-state index < -0.39 is 0 Å². The largest absolute Gasteiger partial charge is 0.366 e. The SMILES string of the molecule is Cc1cnc(NC2CCCC(C)CC2)c(Br)c1. The number of hydrogen-bond donors (Lipinski definition) is 1. The van der Waals surface area contributed by atoms with Gasteiger partial charge in [0.15, 0.2) is 0 Å². The molecule has 1 saturated carbocycles. The zero-order valence-corrected chi connectivity index (χ0v) is 12.3. The molecule has 1 N–H and O–H groups in total. The van der Waals surface area contributed by atoms with Crippen LogP contribution in [0, 0.1) is 12.8 Å². The molecule has 0 saturated heterocycles. The van der Waals surface area contributed by atoms with Crippen LogP contribution >= 0.6 is 15.9 Å². The van der Waals surface area contributed by atoms with Gasteiger partial charge in [-0.1, -0.05) is 19.8 Å². The van der Waals surface area contributed by atoms with E-state index in [1.165, 1.54) is 37.7 Å². The van der Waals surface area contributed by atoms with E-state index in [9.17, 15) is 0 Å². The highest BCUT2D eigenvalue weighted by Crippen LogP contribution is 2.27. The van der Waals surface area contributed by atoms with E-state index >= 15 is 0 Å². The first-order valence-corrected chi connectivity index (χ1v) is 7.33. The Balaban J connectivity index is 2.00. The number of halogens is 1. The average Bonchev–Trinajstić information content (AvgIpc) is 2.48. The van der Waals surface area contributed by atoms with Gasteiger partial charge >= 0.3 is 0 Å². The van der Waals surface area contributed by atoms with Crippen molar-refractivity contribution < 1.29 is 0 Å². The van der Waals surface area contributed by atoms with Crippen LogP contribution in [0.2, 0.25) is 0 Å². The predicted octanol–water partition coefficient (Wildman–Crippen LogP) is 4.53. The van der Waals surface area contributed by atoms with E-state index in [0.717, 1.165) is 16.2 Å². The second-order valence-electron chi connectivity index (χ2n) is 5.30.